The summed E-state index contributed by atoms with van der Waals surface area (Å²) >= 11 is 1.46. The Morgan fingerprint density at radius 3 is 2.69 bits per heavy atom. The molecule has 0 radical (unpaired) electrons. The van der Waals surface area contributed by atoms with E-state index in [4.69, 9.17) is 0 Å². The summed E-state index contributed by atoms with van der Waals surface area (Å²) in [6.07, 6.45) is 2.74. The highest BCUT2D eigenvalue weighted by atomic mass is 32.2. The summed E-state index contributed by atoms with van der Waals surface area (Å²) in [7, 11) is 0. The minimum atomic E-state index is -0.0612. The number of aromatic amines is 1. The van der Waals surface area contributed by atoms with E-state index in [1.54, 1.807) is 6.07 Å². The average Bonchev–Trinajstić information content (AvgIpc) is 2.29. The zero-order valence-electron chi connectivity index (χ0n) is 10.1. The van der Waals surface area contributed by atoms with Crippen LogP contribution in [0.4, 0.5) is 0 Å². The van der Waals surface area contributed by atoms with Crippen LogP contribution in [-0.4, -0.2) is 40.8 Å². The summed E-state index contributed by atoms with van der Waals surface area (Å²) in [4.78, 5) is 20.7. The number of H-pyrrole nitrogens is 1. The van der Waals surface area contributed by atoms with Crippen molar-refractivity contribution in [2.75, 3.05) is 25.9 Å². The lowest BCUT2D eigenvalue weighted by atomic mass is 10.3. The van der Waals surface area contributed by atoms with Crippen LogP contribution in [0.15, 0.2) is 16.0 Å². The SMILES string of the molecule is CCN(CC)CCc1cc(=O)[nH]c(SC)n1. The van der Waals surface area contributed by atoms with Crippen molar-refractivity contribution in [2.45, 2.75) is 25.4 Å². The van der Waals surface area contributed by atoms with Gasteiger partial charge in [-0.25, -0.2) is 4.98 Å². The van der Waals surface area contributed by atoms with Gasteiger partial charge in [0.05, 0.1) is 5.69 Å². The Morgan fingerprint density at radius 1 is 1.44 bits per heavy atom. The number of nitrogens with zero attached hydrogens (tertiary/aromatic N) is 2. The van der Waals surface area contributed by atoms with Gasteiger partial charge >= 0.3 is 0 Å². The van der Waals surface area contributed by atoms with Crippen molar-refractivity contribution in [1.82, 2.24) is 14.9 Å². The second-order valence-corrected chi connectivity index (χ2v) is 4.32. The predicted molar refractivity (Wildman–Crippen MR) is 68.1 cm³/mol. The van der Waals surface area contributed by atoms with Crippen LogP contribution in [0.1, 0.15) is 19.5 Å². The van der Waals surface area contributed by atoms with Crippen molar-refractivity contribution in [2.24, 2.45) is 0 Å². The van der Waals surface area contributed by atoms with Gasteiger partial charge in [-0.15, -0.1) is 0 Å². The summed E-state index contributed by atoms with van der Waals surface area (Å²) < 4.78 is 0. The average molecular weight is 241 g/mol. The van der Waals surface area contributed by atoms with Crippen LogP contribution in [-0.2, 0) is 6.42 Å². The van der Waals surface area contributed by atoms with E-state index in [-0.39, 0.29) is 5.56 Å². The highest BCUT2D eigenvalue weighted by Gasteiger charge is 2.03. The Hall–Kier alpha value is -0.810. The zero-order chi connectivity index (χ0) is 12.0. The molecule has 0 saturated heterocycles. The number of rotatable bonds is 6. The third kappa shape index (κ3) is 3.98. The van der Waals surface area contributed by atoms with E-state index in [1.807, 2.05) is 6.26 Å². The first kappa shape index (κ1) is 13.3. The molecule has 1 heterocycles. The molecule has 0 aliphatic rings. The summed E-state index contributed by atoms with van der Waals surface area (Å²) in [5.74, 6) is 0. The second kappa shape index (κ2) is 6.70. The Kier molecular flexibility index (Phi) is 5.55. The number of nitrogens with one attached hydrogen (secondary N) is 1. The predicted octanol–water partition coefficient (Wildman–Crippen LogP) is 1.38. The third-order valence-electron chi connectivity index (χ3n) is 2.54. The van der Waals surface area contributed by atoms with Gasteiger partial charge in [0.15, 0.2) is 5.16 Å². The summed E-state index contributed by atoms with van der Waals surface area (Å²) in [6, 6.07) is 1.59. The lowest BCUT2D eigenvalue weighted by Gasteiger charge is -2.17. The lowest BCUT2D eigenvalue weighted by Crippen LogP contribution is -2.26. The monoisotopic (exact) mass is 241 g/mol. The first-order valence-electron chi connectivity index (χ1n) is 5.56. The van der Waals surface area contributed by atoms with Gasteiger partial charge in [-0.2, -0.15) is 0 Å². The molecule has 0 spiro atoms. The van der Waals surface area contributed by atoms with E-state index in [1.165, 1.54) is 11.8 Å². The van der Waals surface area contributed by atoms with E-state index < -0.39 is 0 Å². The summed E-state index contributed by atoms with van der Waals surface area (Å²) in [6.45, 7) is 7.31. The Morgan fingerprint density at radius 2 is 2.12 bits per heavy atom. The van der Waals surface area contributed by atoms with Gasteiger partial charge in [0.2, 0.25) is 0 Å². The molecule has 0 aliphatic heterocycles. The molecule has 0 atom stereocenters. The van der Waals surface area contributed by atoms with Gasteiger partial charge in [-0.05, 0) is 19.3 Å². The Balaban J connectivity index is 2.66. The van der Waals surface area contributed by atoms with Gasteiger partial charge in [-0.3, -0.25) is 4.79 Å². The van der Waals surface area contributed by atoms with Gasteiger partial charge in [-0.1, -0.05) is 25.6 Å². The lowest BCUT2D eigenvalue weighted by molar-refractivity contribution is 0.306. The molecule has 0 amide bonds. The topological polar surface area (TPSA) is 49.0 Å². The van der Waals surface area contributed by atoms with E-state index in [0.29, 0.717) is 5.16 Å². The smallest absolute Gasteiger partial charge is 0.251 e. The van der Waals surface area contributed by atoms with Crippen LogP contribution in [0.3, 0.4) is 0 Å². The van der Waals surface area contributed by atoms with Crippen LogP contribution >= 0.6 is 11.8 Å². The molecule has 0 aliphatic carbocycles. The summed E-state index contributed by atoms with van der Waals surface area (Å²) in [5, 5.41) is 0.696. The van der Waals surface area contributed by atoms with Crippen LogP contribution in [0.2, 0.25) is 0 Å². The fourth-order valence-corrected chi connectivity index (χ4v) is 1.93. The molecule has 4 nitrogen and oxygen atoms in total. The quantitative estimate of drug-likeness (QED) is 0.604. The molecular formula is C11H19N3OS. The Bertz CT molecular complexity index is 374. The maximum atomic E-state index is 11.3. The molecular weight excluding hydrogens is 222 g/mol. The maximum absolute atomic E-state index is 11.3. The van der Waals surface area contributed by atoms with Crippen LogP contribution < -0.4 is 5.56 Å². The molecule has 1 rings (SSSR count). The minimum Gasteiger partial charge on any atom is -0.303 e. The molecule has 0 aromatic carbocycles. The molecule has 1 aromatic heterocycles. The van der Waals surface area contributed by atoms with Crippen molar-refractivity contribution in [1.29, 1.82) is 0 Å². The molecule has 5 heteroatoms. The highest BCUT2D eigenvalue weighted by molar-refractivity contribution is 7.98. The number of likely N-dealkylation sites (N-methyl/N-ethyl adjacent to an activating group) is 1. The van der Waals surface area contributed by atoms with Crippen molar-refractivity contribution in [3.63, 3.8) is 0 Å². The van der Waals surface area contributed by atoms with E-state index in [9.17, 15) is 4.79 Å². The van der Waals surface area contributed by atoms with E-state index in [0.717, 1.165) is 31.7 Å². The molecule has 0 unspecified atom stereocenters. The van der Waals surface area contributed by atoms with Gasteiger partial charge in [0, 0.05) is 19.0 Å². The fourth-order valence-electron chi connectivity index (χ4n) is 1.52. The molecule has 0 bridgehead atoms. The first-order chi connectivity index (χ1) is 7.69. The standard InChI is InChI=1S/C11H19N3OS/c1-4-14(5-2)7-6-9-8-10(15)13-11(12-9)16-3/h8H,4-7H2,1-3H3,(H,12,13,15). The van der Waals surface area contributed by atoms with Crippen molar-refractivity contribution >= 4 is 11.8 Å². The summed E-state index contributed by atoms with van der Waals surface area (Å²) in [5.41, 5.74) is 0.814. The third-order valence-corrected chi connectivity index (χ3v) is 3.12. The van der Waals surface area contributed by atoms with Gasteiger partial charge in [0.25, 0.3) is 5.56 Å². The Labute approximate surface area is 100 Å². The maximum Gasteiger partial charge on any atom is 0.251 e. The van der Waals surface area contributed by atoms with E-state index in [2.05, 4.69) is 28.7 Å². The first-order valence-corrected chi connectivity index (χ1v) is 6.78. The van der Waals surface area contributed by atoms with Crippen molar-refractivity contribution in [3.05, 3.63) is 22.1 Å². The van der Waals surface area contributed by atoms with Gasteiger partial charge < -0.3 is 9.88 Å². The second-order valence-electron chi connectivity index (χ2n) is 3.52. The fraction of sp³-hybridized carbons (Fsp3) is 0.636. The van der Waals surface area contributed by atoms with Crippen molar-refractivity contribution < 1.29 is 0 Å². The number of thioether (sulfide) groups is 1. The molecule has 16 heavy (non-hydrogen) atoms. The van der Waals surface area contributed by atoms with E-state index >= 15 is 0 Å². The minimum absolute atomic E-state index is 0.0612. The number of hydrogen-bond donors (Lipinski definition) is 1. The zero-order valence-corrected chi connectivity index (χ0v) is 10.9. The largest absolute Gasteiger partial charge is 0.303 e. The molecule has 0 fully saturated rings. The highest BCUT2D eigenvalue weighted by Crippen LogP contribution is 2.06. The molecule has 1 N–H and O–H groups in total. The number of hydrogen-bond acceptors (Lipinski definition) is 4. The van der Waals surface area contributed by atoms with Crippen molar-refractivity contribution in [3.8, 4) is 0 Å². The van der Waals surface area contributed by atoms with Crippen LogP contribution in [0.5, 0.6) is 0 Å². The molecule has 90 valence electrons. The van der Waals surface area contributed by atoms with Gasteiger partial charge in [0.1, 0.15) is 0 Å². The number of aromatic nitrogens is 2. The normalized spacial score (nSPS) is 11.0. The molecule has 0 saturated carbocycles. The van der Waals surface area contributed by atoms with Crippen LogP contribution in [0.25, 0.3) is 0 Å². The molecule has 1 aromatic rings. The van der Waals surface area contributed by atoms with Crippen LogP contribution in [0, 0.1) is 0 Å².